The Labute approximate surface area is 167 Å². The number of benzene rings is 2. The second-order valence-electron chi connectivity index (χ2n) is 6.76. The summed E-state index contributed by atoms with van der Waals surface area (Å²) in [4.78, 5) is 28.6. The van der Waals surface area contributed by atoms with Crippen LogP contribution in [0.25, 0.3) is 22.2 Å². The molecule has 6 heteroatoms. The van der Waals surface area contributed by atoms with E-state index in [1.54, 1.807) is 13.8 Å². The van der Waals surface area contributed by atoms with Crippen LogP contribution >= 0.6 is 0 Å². The second-order valence-corrected chi connectivity index (χ2v) is 6.76. The number of nitrogens with one attached hydrogen (secondary N) is 1. The first-order valence-electron chi connectivity index (χ1n) is 9.50. The lowest BCUT2D eigenvalue weighted by Gasteiger charge is -2.10. The van der Waals surface area contributed by atoms with Gasteiger partial charge in [0.25, 0.3) is 5.56 Å². The molecule has 4 rings (SSSR count). The van der Waals surface area contributed by atoms with Crippen LogP contribution in [0, 0.1) is 6.92 Å². The monoisotopic (exact) mass is 387 g/mol. The Morgan fingerprint density at radius 1 is 1.07 bits per heavy atom. The molecule has 0 fully saturated rings. The molecule has 1 N–H and O–H groups in total. The van der Waals surface area contributed by atoms with Crippen molar-refractivity contribution in [2.45, 2.75) is 20.4 Å². The van der Waals surface area contributed by atoms with Gasteiger partial charge >= 0.3 is 5.97 Å². The van der Waals surface area contributed by atoms with Crippen molar-refractivity contribution in [2.24, 2.45) is 0 Å². The first kappa shape index (κ1) is 18.7. The molecule has 4 aromatic rings. The number of hydrogen-bond acceptors (Lipinski definition) is 4. The summed E-state index contributed by atoms with van der Waals surface area (Å²) >= 11 is 0. The van der Waals surface area contributed by atoms with E-state index < -0.39 is 5.97 Å². The maximum absolute atomic E-state index is 13.2. The summed E-state index contributed by atoms with van der Waals surface area (Å²) in [6.07, 6.45) is 0. The number of nitrogens with zero attached hydrogens (tertiary/aromatic N) is 2. The van der Waals surface area contributed by atoms with E-state index in [1.165, 1.54) is 4.68 Å². The van der Waals surface area contributed by atoms with Gasteiger partial charge in [-0.15, -0.1) is 0 Å². The van der Waals surface area contributed by atoms with Crippen LogP contribution < -0.4 is 5.56 Å². The zero-order chi connectivity index (χ0) is 20.4. The standard InChI is InChI=1S/C23H21N3O3/c1-3-29-23(28)19-15(2)18-20(17-12-8-5-9-13-17)25-26(22(27)21(18)24-19)14-16-10-6-4-7-11-16/h4-13,24H,3,14H2,1-2H3. The van der Waals surface area contributed by atoms with Crippen molar-refractivity contribution in [1.29, 1.82) is 0 Å². The lowest BCUT2D eigenvalue weighted by atomic mass is 10.1. The SMILES string of the molecule is CCOC(=O)c1[nH]c2c(=O)n(Cc3ccccc3)nc(-c3ccccc3)c2c1C. The summed E-state index contributed by atoms with van der Waals surface area (Å²) in [6, 6.07) is 19.3. The van der Waals surface area contributed by atoms with Crippen molar-refractivity contribution in [1.82, 2.24) is 14.8 Å². The van der Waals surface area contributed by atoms with Crippen LogP contribution in [-0.2, 0) is 11.3 Å². The highest BCUT2D eigenvalue weighted by molar-refractivity contribution is 6.02. The summed E-state index contributed by atoms with van der Waals surface area (Å²) in [5.74, 6) is -0.478. The number of fused-ring (bicyclic) bond motifs is 1. The van der Waals surface area contributed by atoms with Gasteiger partial charge in [-0.2, -0.15) is 5.10 Å². The van der Waals surface area contributed by atoms with Crippen LogP contribution in [0.15, 0.2) is 65.5 Å². The third kappa shape index (κ3) is 3.45. The molecule has 0 amide bonds. The van der Waals surface area contributed by atoms with Gasteiger partial charge in [0.15, 0.2) is 0 Å². The molecule has 0 atom stereocenters. The fourth-order valence-corrected chi connectivity index (χ4v) is 3.46. The van der Waals surface area contributed by atoms with Crippen molar-refractivity contribution in [3.8, 4) is 11.3 Å². The van der Waals surface area contributed by atoms with E-state index in [0.29, 0.717) is 28.7 Å². The number of carbonyl (C=O) groups excluding carboxylic acids is 1. The van der Waals surface area contributed by atoms with Gasteiger partial charge in [0.1, 0.15) is 16.9 Å². The van der Waals surface area contributed by atoms with Crippen molar-refractivity contribution < 1.29 is 9.53 Å². The maximum atomic E-state index is 13.2. The second kappa shape index (κ2) is 7.75. The van der Waals surface area contributed by atoms with Gasteiger partial charge in [-0.05, 0) is 25.0 Å². The molecule has 29 heavy (non-hydrogen) atoms. The Bertz CT molecular complexity index is 1230. The number of carbonyl (C=O) groups is 1. The fraction of sp³-hybridized carbons (Fsp3) is 0.174. The van der Waals surface area contributed by atoms with Gasteiger partial charge in [-0.3, -0.25) is 4.79 Å². The molecule has 6 nitrogen and oxygen atoms in total. The number of rotatable bonds is 5. The highest BCUT2D eigenvalue weighted by atomic mass is 16.5. The molecule has 2 aromatic carbocycles. The smallest absolute Gasteiger partial charge is 0.355 e. The molecule has 0 aliphatic carbocycles. The molecule has 146 valence electrons. The van der Waals surface area contributed by atoms with E-state index in [4.69, 9.17) is 4.74 Å². The van der Waals surface area contributed by atoms with Crippen LogP contribution in [0.2, 0.25) is 0 Å². The Hall–Kier alpha value is -3.67. The Morgan fingerprint density at radius 3 is 2.38 bits per heavy atom. The minimum Gasteiger partial charge on any atom is -0.461 e. The number of ether oxygens (including phenoxy) is 1. The number of H-pyrrole nitrogens is 1. The molecule has 0 bridgehead atoms. The van der Waals surface area contributed by atoms with Crippen molar-refractivity contribution >= 4 is 16.9 Å². The molecule has 0 saturated heterocycles. The average molecular weight is 387 g/mol. The molecule has 0 saturated carbocycles. The van der Waals surface area contributed by atoms with E-state index in [0.717, 1.165) is 11.1 Å². The minimum atomic E-state index is -0.478. The van der Waals surface area contributed by atoms with Gasteiger partial charge in [0.05, 0.1) is 13.2 Å². The van der Waals surface area contributed by atoms with Gasteiger partial charge in [0, 0.05) is 10.9 Å². The lowest BCUT2D eigenvalue weighted by molar-refractivity contribution is 0.0519. The van der Waals surface area contributed by atoms with E-state index in [1.807, 2.05) is 60.7 Å². The molecular weight excluding hydrogens is 366 g/mol. The van der Waals surface area contributed by atoms with E-state index in [9.17, 15) is 9.59 Å². The van der Waals surface area contributed by atoms with Gasteiger partial charge in [0.2, 0.25) is 0 Å². The van der Waals surface area contributed by atoms with E-state index in [2.05, 4.69) is 10.1 Å². The van der Waals surface area contributed by atoms with Crippen LogP contribution in [0.4, 0.5) is 0 Å². The first-order chi connectivity index (χ1) is 14.1. The largest absolute Gasteiger partial charge is 0.461 e. The zero-order valence-electron chi connectivity index (χ0n) is 16.3. The molecule has 2 aromatic heterocycles. The third-order valence-corrected chi connectivity index (χ3v) is 4.86. The minimum absolute atomic E-state index is 0.260. The third-order valence-electron chi connectivity index (χ3n) is 4.86. The van der Waals surface area contributed by atoms with Crippen molar-refractivity contribution in [3.05, 3.63) is 87.8 Å². The molecule has 0 unspecified atom stereocenters. The van der Waals surface area contributed by atoms with Crippen LogP contribution in [0.5, 0.6) is 0 Å². The predicted molar refractivity (Wildman–Crippen MR) is 112 cm³/mol. The summed E-state index contributed by atoms with van der Waals surface area (Å²) in [7, 11) is 0. The van der Waals surface area contributed by atoms with E-state index >= 15 is 0 Å². The summed E-state index contributed by atoms with van der Waals surface area (Å²) in [6.45, 7) is 4.15. The molecule has 2 heterocycles. The normalized spacial score (nSPS) is 11.0. The lowest BCUT2D eigenvalue weighted by Crippen LogP contribution is -2.24. The Morgan fingerprint density at radius 2 is 1.72 bits per heavy atom. The zero-order valence-corrected chi connectivity index (χ0v) is 16.3. The van der Waals surface area contributed by atoms with E-state index in [-0.39, 0.29) is 17.9 Å². The Kier molecular flexibility index (Phi) is 4.99. The first-order valence-corrected chi connectivity index (χ1v) is 9.50. The van der Waals surface area contributed by atoms with Crippen LogP contribution in [0.3, 0.4) is 0 Å². The maximum Gasteiger partial charge on any atom is 0.355 e. The number of aromatic amines is 1. The Balaban J connectivity index is 1.98. The van der Waals surface area contributed by atoms with Gasteiger partial charge in [-0.1, -0.05) is 60.7 Å². The fourth-order valence-electron chi connectivity index (χ4n) is 3.46. The highest BCUT2D eigenvalue weighted by Crippen LogP contribution is 2.29. The van der Waals surface area contributed by atoms with Crippen LogP contribution in [0.1, 0.15) is 28.5 Å². The number of aryl methyl sites for hydroxylation is 1. The summed E-state index contributed by atoms with van der Waals surface area (Å²) < 4.78 is 6.59. The topological polar surface area (TPSA) is 77.0 Å². The van der Waals surface area contributed by atoms with Gasteiger partial charge < -0.3 is 9.72 Å². The summed E-state index contributed by atoms with van der Waals surface area (Å²) in [5.41, 5.74) is 3.52. The molecule has 0 radical (unpaired) electrons. The number of hydrogen-bond donors (Lipinski definition) is 1. The molecule has 0 spiro atoms. The van der Waals surface area contributed by atoms with Crippen molar-refractivity contribution in [3.63, 3.8) is 0 Å². The molecule has 0 aliphatic heterocycles. The number of aromatic nitrogens is 3. The number of esters is 1. The molecule has 0 aliphatic rings. The average Bonchev–Trinajstić information content (AvgIpc) is 3.09. The quantitative estimate of drug-likeness (QED) is 0.527. The van der Waals surface area contributed by atoms with Crippen molar-refractivity contribution in [2.75, 3.05) is 6.61 Å². The summed E-state index contributed by atoms with van der Waals surface area (Å²) in [5, 5.41) is 5.32. The molecular formula is C23H21N3O3. The highest BCUT2D eigenvalue weighted by Gasteiger charge is 2.23. The predicted octanol–water partition coefficient (Wildman–Crippen LogP) is 3.93. The van der Waals surface area contributed by atoms with Gasteiger partial charge in [-0.25, -0.2) is 9.48 Å². The van der Waals surface area contributed by atoms with Crippen LogP contribution in [-0.4, -0.2) is 27.3 Å².